The molecule has 1 fully saturated rings. The third-order valence-electron chi connectivity index (χ3n) is 6.29. The third-order valence-corrected chi connectivity index (χ3v) is 6.89. The van der Waals surface area contributed by atoms with Gasteiger partial charge >= 0.3 is 0 Å². The second-order valence-corrected chi connectivity index (χ2v) is 9.09. The maximum absolute atomic E-state index is 13.1. The maximum Gasteiger partial charge on any atom is 0.263 e. The Bertz CT molecular complexity index is 1020. The molecule has 172 valence electrons. The zero-order valence-corrected chi connectivity index (χ0v) is 20.3. The van der Waals surface area contributed by atoms with Crippen molar-refractivity contribution in [3.63, 3.8) is 0 Å². The molecule has 1 unspecified atom stereocenters. The third kappa shape index (κ3) is 5.40. The van der Waals surface area contributed by atoms with Crippen molar-refractivity contribution in [1.29, 1.82) is 0 Å². The van der Waals surface area contributed by atoms with Gasteiger partial charge in [-0.15, -0.1) is 0 Å². The molecule has 1 aliphatic rings. The number of aryl methyl sites for hydroxylation is 2. The van der Waals surface area contributed by atoms with E-state index < -0.39 is 6.10 Å². The Kier molecular flexibility index (Phi) is 7.36. The van der Waals surface area contributed by atoms with E-state index >= 15 is 0 Å². The molecular formula is C28H31ClN2O2. The number of nitrogens with zero attached hydrogens (tertiary/aromatic N) is 2. The Morgan fingerprint density at radius 2 is 1.33 bits per heavy atom. The summed E-state index contributed by atoms with van der Waals surface area (Å²) >= 11 is 6.26. The normalized spacial score (nSPS) is 15.5. The standard InChI is InChI=1S/C28H31ClN2O2/c1-20-18-25(19-21(2)26(20)29)33-22(3)28(32)31-16-14-30(15-17-31)27(23-10-6-4-7-11-23)24-12-8-5-9-13-24/h4-13,18-19,22,27H,14-17H2,1-3H3. The Hall–Kier alpha value is -2.82. The van der Waals surface area contributed by atoms with Crippen molar-refractivity contribution >= 4 is 17.5 Å². The molecule has 0 bridgehead atoms. The molecule has 1 heterocycles. The molecule has 0 aliphatic carbocycles. The Labute approximate surface area is 201 Å². The highest BCUT2D eigenvalue weighted by molar-refractivity contribution is 6.32. The van der Waals surface area contributed by atoms with Gasteiger partial charge in [0.2, 0.25) is 0 Å². The van der Waals surface area contributed by atoms with Crippen LogP contribution in [0.2, 0.25) is 5.02 Å². The van der Waals surface area contributed by atoms with E-state index in [2.05, 4.69) is 53.4 Å². The van der Waals surface area contributed by atoms with Crippen LogP contribution in [-0.4, -0.2) is 48.0 Å². The number of ether oxygens (including phenoxy) is 1. The molecule has 33 heavy (non-hydrogen) atoms. The average molecular weight is 463 g/mol. The smallest absolute Gasteiger partial charge is 0.263 e. The van der Waals surface area contributed by atoms with Crippen LogP contribution in [-0.2, 0) is 4.79 Å². The Balaban J connectivity index is 1.42. The van der Waals surface area contributed by atoms with Crippen molar-refractivity contribution in [2.24, 2.45) is 0 Å². The number of hydrogen-bond acceptors (Lipinski definition) is 3. The maximum atomic E-state index is 13.1. The lowest BCUT2D eigenvalue weighted by molar-refractivity contribution is -0.140. The van der Waals surface area contributed by atoms with Crippen molar-refractivity contribution in [3.8, 4) is 5.75 Å². The van der Waals surface area contributed by atoms with E-state index in [9.17, 15) is 4.79 Å². The molecule has 1 aliphatic heterocycles. The SMILES string of the molecule is Cc1cc(OC(C)C(=O)N2CCN(C(c3ccccc3)c3ccccc3)CC2)cc(C)c1Cl. The second kappa shape index (κ2) is 10.4. The second-order valence-electron chi connectivity index (χ2n) is 8.72. The molecule has 3 aromatic carbocycles. The molecular weight excluding hydrogens is 432 g/mol. The fourth-order valence-electron chi connectivity index (χ4n) is 4.57. The molecule has 5 heteroatoms. The van der Waals surface area contributed by atoms with Crippen molar-refractivity contribution in [1.82, 2.24) is 9.80 Å². The van der Waals surface area contributed by atoms with Crippen LogP contribution in [0.3, 0.4) is 0 Å². The van der Waals surface area contributed by atoms with Crippen LogP contribution in [0.25, 0.3) is 0 Å². The van der Waals surface area contributed by atoms with Gasteiger partial charge in [-0.3, -0.25) is 9.69 Å². The summed E-state index contributed by atoms with van der Waals surface area (Å²) in [7, 11) is 0. The minimum Gasteiger partial charge on any atom is -0.481 e. The number of benzene rings is 3. The molecule has 0 N–H and O–H groups in total. The molecule has 0 aromatic heterocycles. The predicted octanol–water partition coefficient (Wildman–Crippen LogP) is 5.66. The molecule has 0 spiro atoms. The van der Waals surface area contributed by atoms with Crippen molar-refractivity contribution < 1.29 is 9.53 Å². The summed E-state index contributed by atoms with van der Waals surface area (Å²) in [4.78, 5) is 17.5. The molecule has 4 nitrogen and oxygen atoms in total. The van der Waals surface area contributed by atoms with E-state index in [4.69, 9.17) is 16.3 Å². The summed E-state index contributed by atoms with van der Waals surface area (Å²) in [5.41, 5.74) is 4.45. The quantitative estimate of drug-likeness (QED) is 0.474. The molecule has 0 radical (unpaired) electrons. The fraction of sp³-hybridized carbons (Fsp3) is 0.321. The fourth-order valence-corrected chi connectivity index (χ4v) is 4.68. The van der Waals surface area contributed by atoms with E-state index in [0.29, 0.717) is 18.8 Å². The van der Waals surface area contributed by atoms with Crippen LogP contribution in [0.5, 0.6) is 5.75 Å². The van der Waals surface area contributed by atoms with Gasteiger partial charge in [-0.1, -0.05) is 72.3 Å². The highest BCUT2D eigenvalue weighted by Crippen LogP contribution is 2.30. The van der Waals surface area contributed by atoms with Crippen LogP contribution < -0.4 is 4.74 Å². The first-order chi connectivity index (χ1) is 15.9. The lowest BCUT2D eigenvalue weighted by atomic mass is 9.96. The van der Waals surface area contributed by atoms with E-state index in [1.165, 1.54) is 11.1 Å². The van der Waals surface area contributed by atoms with Crippen molar-refractivity contribution in [2.75, 3.05) is 26.2 Å². The molecule has 1 amide bonds. The summed E-state index contributed by atoms with van der Waals surface area (Å²) in [6.45, 7) is 8.71. The number of carbonyl (C=O) groups excluding carboxylic acids is 1. The first-order valence-electron chi connectivity index (χ1n) is 11.5. The lowest BCUT2D eigenvalue weighted by Crippen LogP contribution is -2.52. The van der Waals surface area contributed by atoms with Crippen molar-refractivity contribution in [3.05, 3.63) is 100 Å². The van der Waals surface area contributed by atoms with Gasteiger partial charge in [0.1, 0.15) is 5.75 Å². The van der Waals surface area contributed by atoms with Crippen LogP contribution in [0.15, 0.2) is 72.8 Å². The van der Waals surface area contributed by atoms with Gasteiger partial charge in [0.25, 0.3) is 5.91 Å². The average Bonchev–Trinajstić information content (AvgIpc) is 2.84. The zero-order chi connectivity index (χ0) is 23.4. The minimum atomic E-state index is -0.546. The highest BCUT2D eigenvalue weighted by Gasteiger charge is 2.30. The highest BCUT2D eigenvalue weighted by atomic mass is 35.5. The lowest BCUT2D eigenvalue weighted by Gasteiger charge is -2.40. The number of halogens is 1. The van der Waals surface area contributed by atoms with Crippen LogP contribution in [0, 0.1) is 13.8 Å². The monoisotopic (exact) mass is 462 g/mol. The first-order valence-corrected chi connectivity index (χ1v) is 11.9. The predicted molar refractivity (Wildman–Crippen MR) is 134 cm³/mol. The molecule has 3 aromatic rings. The van der Waals surface area contributed by atoms with Crippen LogP contribution in [0.1, 0.15) is 35.2 Å². The molecule has 4 rings (SSSR count). The van der Waals surface area contributed by atoms with Crippen molar-refractivity contribution in [2.45, 2.75) is 32.9 Å². The summed E-state index contributed by atoms with van der Waals surface area (Å²) < 4.78 is 6.00. The Morgan fingerprint density at radius 1 is 0.848 bits per heavy atom. The number of piperazine rings is 1. The van der Waals surface area contributed by atoms with Crippen LogP contribution >= 0.6 is 11.6 Å². The van der Waals surface area contributed by atoms with E-state index in [0.717, 1.165) is 29.2 Å². The topological polar surface area (TPSA) is 32.8 Å². The van der Waals surface area contributed by atoms with Gasteiger partial charge in [-0.25, -0.2) is 0 Å². The van der Waals surface area contributed by atoms with E-state index in [1.807, 2.05) is 49.9 Å². The van der Waals surface area contributed by atoms with Gasteiger partial charge in [0.15, 0.2) is 6.10 Å². The summed E-state index contributed by atoms with van der Waals surface area (Å²) in [6.07, 6.45) is -0.546. The van der Waals surface area contributed by atoms with Gasteiger partial charge < -0.3 is 9.64 Å². The van der Waals surface area contributed by atoms with Gasteiger partial charge in [-0.05, 0) is 55.2 Å². The minimum absolute atomic E-state index is 0.0240. The van der Waals surface area contributed by atoms with Gasteiger partial charge in [-0.2, -0.15) is 0 Å². The van der Waals surface area contributed by atoms with Gasteiger partial charge in [0.05, 0.1) is 6.04 Å². The summed E-state index contributed by atoms with van der Waals surface area (Å²) in [5, 5.41) is 0.740. The van der Waals surface area contributed by atoms with E-state index in [-0.39, 0.29) is 11.9 Å². The summed E-state index contributed by atoms with van der Waals surface area (Å²) in [5.74, 6) is 0.706. The zero-order valence-electron chi connectivity index (χ0n) is 19.5. The molecule has 1 saturated heterocycles. The largest absolute Gasteiger partial charge is 0.481 e. The number of rotatable bonds is 6. The van der Waals surface area contributed by atoms with Crippen LogP contribution in [0.4, 0.5) is 0 Å². The summed E-state index contributed by atoms with van der Waals surface area (Å²) in [6, 6.07) is 25.1. The Morgan fingerprint density at radius 3 is 1.82 bits per heavy atom. The number of carbonyl (C=O) groups is 1. The number of amides is 1. The van der Waals surface area contributed by atoms with E-state index in [1.54, 1.807) is 0 Å². The van der Waals surface area contributed by atoms with Gasteiger partial charge in [0, 0.05) is 31.2 Å². The number of hydrogen-bond donors (Lipinski definition) is 0. The molecule has 0 saturated carbocycles. The first kappa shape index (κ1) is 23.3. The molecule has 1 atom stereocenters.